The van der Waals surface area contributed by atoms with Gasteiger partial charge in [-0.3, -0.25) is 4.90 Å². The van der Waals surface area contributed by atoms with Crippen molar-refractivity contribution in [3.8, 4) is 11.5 Å². The summed E-state index contributed by atoms with van der Waals surface area (Å²) in [5, 5.41) is 4.15. The van der Waals surface area contributed by atoms with Crippen molar-refractivity contribution in [2.75, 3.05) is 33.0 Å². The van der Waals surface area contributed by atoms with E-state index in [-0.39, 0.29) is 0 Å². The second kappa shape index (κ2) is 5.57. The van der Waals surface area contributed by atoms with Crippen LogP contribution < -0.4 is 14.8 Å². The first-order chi connectivity index (χ1) is 9.29. The molecule has 104 valence electrons. The lowest BCUT2D eigenvalue weighted by Crippen LogP contribution is -2.45. The van der Waals surface area contributed by atoms with Gasteiger partial charge in [-0.2, -0.15) is 0 Å². The molecular formula is C14H19ClN2O2. The number of piperazine rings is 1. The summed E-state index contributed by atoms with van der Waals surface area (Å²) in [4.78, 5) is 2.49. The molecule has 1 N–H and O–H groups in total. The molecule has 1 fully saturated rings. The van der Waals surface area contributed by atoms with Gasteiger partial charge in [0.1, 0.15) is 0 Å². The second-order valence-corrected chi connectivity index (χ2v) is 5.34. The van der Waals surface area contributed by atoms with Crippen LogP contribution in [0.15, 0.2) is 12.1 Å². The molecule has 19 heavy (non-hydrogen) atoms. The molecule has 1 aromatic carbocycles. The van der Waals surface area contributed by atoms with Crippen LogP contribution in [0.4, 0.5) is 0 Å². The van der Waals surface area contributed by atoms with Crippen molar-refractivity contribution in [2.24, 2.45) is 0 Å². The first-order valence-corrected chi connectivity index (χ1v) is 7.21. The fraction of sp³-hybridized carbons (Fsp3) is 0.571. The third-order valence-electron chi connectivity index (χ3n) is 3.83. The van der Waals surface area contributed by atoms with Gasteiger partial charge in [0.05, 0.1) is 0 Å². The highest BCUT2D eigenvalue weighted by Gasteiger charge is 2.25. The Kier molecular flexibility index (Phi) is 3.82. The molecule has 2 heterocycles. The van der Waals surface area contributed by atoms with Crippen LogP contribution in [0.3, 0.4) is 0 Å². The molecule has 0 saturated carbocycles. The predicted molar refractivity (Wildman–Crippen MR) is 75.0 cm³/mol. The van der Waals surface area contributed by atoms with E-state index >= 15 is 0 Å². The lowest BCUT2D eigenvalue weighted by Gasteiger charge is -2.35. The number of rotatable bonds is 3. The summed E-state index contributed by atoms with van der Waals surface area (Å²) < 4.78 is 10.8. The standard InChI is InChI=1S/C14H19ClN2O2/c1-2-12(17-5-3-16-4-6-17)10-7-13-14(8-11(10)15)19-9-18-13/h7-8,12,16H,2-6,9H2,1H3/t12-/m1/s1. The van der Waals surface area contributed by atoms with Gasteiger partial charge in [-0.15, -0.1) is 0 Å². The molecule has 0 bridgehead atoms. The Bertz CT molecular complexity index is 461. The second-order valence-electron chi connectivity index (χ2n) is 4.94. The topological polar surface area (TPSA) is 33.7 Å². The monoisotopic (exact) mass is 282 g/mol. The Morgan fingerprint density at radius 1 is 1.26 bits per heavy atom. The zero-order valence-electron chi connectivity index (χ0n) is 11.1. The normalized spacial score (nSPS) is 20.5. The maximum Gasteiger partial charge on any atom is 0.231 e. The van der Waals surface area contributed by atoms with Gasteiger partial charge >= 0.3 is 0 Å². The molecule has 0 aliphatic carbocycles. The lowest BCUT2D eigenvalue weighted by atomic mass is 10.0. The number of nitrogens with zero attached hydrogens (tertiary/aromatic N) is 1. The largest absolute Gasteiger partial charge is 0.454 e. The van der Waals surface area contributed by atoms with Crippen molar-refractivity contribution in [1.29, 1.82) is 0 Å². The summed E-state index contributed by atoms with van der Waals surface area (Å²) >= 11 is 6.42. The first-order valence-electron chi connectivity index (χ1n) is 6.83. The Labute approximate surface area is 118 Å². The van der Waals surface area contributed by atoms with Crippen molar-refractivity contribution in [3.63, 3.8) is 0 Å². The molecule has 0 unspecified atom stereocenters. The summed E-state index contributed by atoms with van der Waals surface area (Å²) in [7, 11) is 0. The van der Waals surface area contributed by atoms with Crippen molar-refractivity contribution in [2.45, 2.75) is 19.4 Å². The number of hydrogen-bond acceptors (Lipinski definition) is 4. The van der Waals surface area contributed by atoms with Crippen molar-refractivity contribution in [1.82, 2.24) is 10.2 Å². The third-order valence-corrected chi connectivity index (χ3v) is 4.16. The average molecular weight is 283 g/mol. The van der Waals surface area contributed by atoms with Gasteiger partial charge in [0.2, 0.25) is 6.79 Å². The van der Waals surface area contributed by atoms with Crippen molar-refractivity contribution < 1.29 is 9.47 Å². The number of halogens is 1. The molecule has 2 aliphatic rings. The molecular weight excluding hydrogens is 264 g/mol. The van der Waals surface area contributed by atoms with Gasteiger partial charge in [0.25, 0.3) is 0 Å². The van der Waals surface area contributed by atoms with Crippen LogP contribution in [0.25, 0.3) is 0 Å². The van der Waals surface area contributed by atoms with E-state index < -0.39 is 0 Å². The minimum atomic E-state index is 0.291. The number of hydrogen-bond donors (Lipinski definition) is 1. The summed E-state index contributed by atoms with van der Waals surface area (Å²) in [6, 6.07) is 4.27. The Balaban J connectivity index is 1.90. The van der Waals surface area contributed by atoms with E-state index in [0.29, 0.717) is 12.8 Å². The minimum absolute atomic E-state index is 0.291. The van der Waals surface area contributed by atoms with Gasteiger partial charge in [-0.05, 0) is 18.1 Å². The highest BCUT2D eigenvalue weighted by atomic mass is 35.5. The van der Waals surface area contributed by atoms with Crippen LogP contribution in [0.1, 0.15) is 24.9 Å². The fourth-order valence-corrected chi connectivity index (χ4v) is 3.14. The third kappa shape index (κ3) is 2.53. The number of fused-ring (bicyclic) bond motifs is 1. The summed E-state index contributed by atoms with van der Waals surface area (Å²) in [6.45, 7) is 6.69. The fourth-order valence-electron chi connectivity index (χ4n) is 2.86. The summed E-state index contributed by atoms with van der Waals surface area (Å²) in [5.74, 6) is 1.57. The number of benzene rings is 1. The maximum atomic E-state index is 6.42. The van der Waals surface area contributed by atoms with Gasteiger partial charge in [0, 0.05) is 43.3 Å². The first kappa shape index (κ1) is 13.0. The van der Waals surface area contributed by atoms with Crippen LogP contribution in [0.5, 0.6) is 11.5 Å². The van der Waals surface area contributed by atoms with E-state index in [2.05, 4.69) is 17.1 Å². The number of ether oxygens (including phenoxy) is 2. The van der Waals surface area contributed by atoms with Crippen molar-refractivity contribution >= 4 is 11.6 Å². The minimum Gasteiger partial charge on any atom is -0.454 e. The van der Waals surface area contributed by atoms with E-state index in [4.69, 9.17) is 21.1 Å². The zero-order chi connectivity index (χ0) is 13.2. The van der Waals surface area contributed by atoms with Gasteiger partial charge in [-0.25, -0.2) is 0 Å². The van der Waals surface area contributed by atoms with E-state index in [1.165, 1.54) is 0 Å². The van der Waals surface area contributed by atoms with Gasteiger partial charge in [-0.1, -0.05) is 18.5 Å². The van der Waals surface area contributed by atoms with E-state index in [0.717, 1.165) is 54.7 Å². The maximum absolute atomic E-state index is 6.42. The SMILES string of the molecule is CC[C@H](c1cc2c(cc1Cl)OCO2)N1CCNCC1. The highest BCUT2D eigenvalue weighted by Crippen LogP contribution is 2.41. The average Bonchev–Trinajstić information content (AvgIpc) is 2.88. The zero-order valence-corrected chi connectivity index (χ0v) is 11.9. The molecule has 1 aromatic rings. The van der Waals surface area contributed by atoms with Crippen molar-refractivity contribution in [3.05, 3.63) is 22.7 Å². The summed E-state index contributed by atoms with van der Waals surface area (Å²) in [6.07, 6.45) is 1.04. The quantitative estimate of drug-likeness (QED) is 0.923. The molecule has 0 amide bonds. The predicted octanol–water partition coefficient (Wildman–Crippen LogP) is 2.42. The Morgan fingerprint density at radius 2 is 1.95 bits per heavy atom. The van der Waals surface area contributed by atoms with Gasteiger partial charge < -0.3 is 14.8 Å². The molecule has 3 rings (SSSR count). The van der Waals surface area contributed by atoms with Crippen LogP contribution in [0.2, 0.25) is 5.02 Å². The van der Waals surface area contributed by atoms with Crippen LogP contribution in [-0.4, -0.2) is 37.9 Å². The van der Waals surface area contributed by atoms with Crippen LogP contribution >= 0.6 is 11.6 Å². The number of nitrogens with one attached hydrogen (secondary N) is 1. The molecule has 0 spiro atoms. The molecule has 1 saturated heterocycles. The molecule has 5 heteroatoms. The molecule has 0 aromatic heterocycles. The Hall–Kier alpha value is -0.970. The summed E-state index contributed by atoms with van der Waals surface area (Å²) in [5.41, 5.74) is 1.15. The molecule has 4 nitrogen and oxygen atoms in total. The molecule has 0 radical (unpaired) electrons. The van der Waals surface area contributed by atoms with Crippen LogP contribution in [0, 0.1) is 0 Å². The smallest absolute Gasteiger partial charge is 0.231 e. The Morgan fingerprint density at radius 3 is 2.63 bits per heavy atom. The highest BCUT2D eigenvalue weighted by molar-refractivity contribution is 6.31. The van der Waals surface area contributed by atoms with E-state index in [9.17, 15) is 0 Å². The molecule has 1 atom stereocenters. The van der Waals surface area contributed by atoms with E-state index in [1.807, 2.05) is 12.1 Å². The molecule has 2 aliphatic heterocycles. The van der Waals surface area contributed by atoms with E-state index in [1.54, 1.807) is 0 Å². The van der Waals surface area contributed by atoms with Crippen LogP contribution in [-0.2, 0) is 0 Å². The van der Waals surface area contributed by atoms with Gasteiger partial charge in [0.15, 0.2) is 11.5 Å². The lowest BCUT2D eigenvalue weighted by molar-refractivity contribution is 0.168.